The largest absolute Gasteiger partial charge is 0.465 e. The van der Waals surface area contributed by atoms with Gasteiger partial charge in [0.15, 0.2) is 11.2 Å². The summed E-state index contributed by atoms with van der Waals surface area (Å²) in [7, 11) is 0. The van der Waals surface area contributed by atoms with Gasteiger partial charge in [-0.1, -0.05) is 53.6 Å². The number of rotatable bonds is 4. The number of ketones is 1. The van der Waals surface area contributed by atoms with Crippen LogP contribution in [0.1, 0.15) is 28.4 Å². The van der Waals surface area contributed by atoms with Gasteiger partial charge < -0.3 is 4.74 Å². The van der Waals surface area contributed by atoms with Crippen molar-refractivity contribution >= 4 is 17.4 Å². The van der Waals surface area contributed by atoms with Crippen molar-refractivity contribution in [1.29, 1.82) is 0 Å². The van der Waals surface area contributed by atoms with Gasteiger partial charge >= 0.3 is 5.97 Å². The zero-order chi connectivity index (χ0) is 17.2. The summed E-state index contributed by atoms with van der Waals surface area (Å²) in [4.78, 5) is 28.8. The van der Waals surface area contributed by atoms with E-state index < -0.39 is 11.4 Å². The number of esters is 1. The molecule has 0 radical (unpaired) electrons. The molecule has 2 aromatic carbocycles. The van der Waals surface area contributed by atoms with Gasteiger partial charge in [-0.25, -0.2) is 0 Å². The Morgan fingerprint density at radius 1 is 1.25 bits per heavy atom. The molecule has 0 saturated heterocycles. The topological polar surface area (TPSA) is 92.1 Å². The van der Waals surface area contributed by atoms with Crippen LogP contribution in [0.4, 0.5) is 5.69 Å². The monoisotopic (exact) mass is 321 g/mol. The van der Waals surface area contributed by atoms with Gasteiger partial charge in [0, 0.05) is 22.6 Å². The molecule has 0 aromatic heterocycles. The lowest BCUT2D eigenvalue weighted by atomic mass is 9.76. The Labute approximate surface area is 138 Å². The molecule has 3 rings (SSSR count). The van der Waals surface area contributed by atoms with Crippen LogP contribution in [0.5, 0.6) is 0 Å². The highest BCUT2D eigenvalue weighted by atomic mass is 16.5. The predicted molar refractivity (Wildman–Crippen MR) is 88.0 cm³/mol. The molecule has 2 aromatic rings. The second-order valence-electron chi connectivity index (χ2n) is 5.50. The highest BCUT2D eigenvalue weighted by Crippen LogP contribution is 2.44. The Morgan fingerprint density at radius 2 is 1.96 bits per heavy atom. The number of Topliss-reactive ketones (excluding diaryl/α,β-unsaturated/α-hetero) is 1. The first kappa shape index (κ1) is 15.8. The molecule has 24 heavy (non-hydrogen) atoms. The number of nitrogens with zero attached hydrogens (tertiary/aromatic N) is 3. The molecule has 1 aliphatic rings. The number of carbonyl (C=O) groups is 2. The zero-order valence-electron chi connectivity index (χ0n) is 13.1. The Balaban J connectivity index is 2.26. The van der Waals surface area contributed by atoms with Gasteiger partial charge in [0.2, 0.25) is 0 Å². The maximum Gasteiger partial charge on any atom is 0.324 e. The van der Waals surface area contributed by atoms with E-state index in [9.17, 15) is 9.59 Å². The van der Waals surface area contributed by atoms with Crippen molar-refractivity contribution in [2.24, 2.45) is 5.11 Å². The van der Waals surface area contributed by atoms with E-state index in [1.807, 2.05) is 12.1 Å². The van der Waals surface area contributed by atoms with Gasteiger partial charge in [0.1, 0.15) is 0 Å². The first-order valence-electron chi connectivity index (χ1n) is 7.59. The molecule has 1 unspecified atom stereocenters. The lowest BCUT2D eigenvalue weighted by molar-refractivity contribution is -0.147. The highest BCUT2D eigenvalue weighted by Gasteiger charge is 2.54. The third-order valence-corrected chi connectivity index (χ3v) is 4.25. The lowest BCUT2D eigenvalue weighted by Gasteiger charge is -2.26. The molecule has 0 N–H and O–H groups in total. The molecule has 0 saturated carbocycles. The van der Waals surface area contributed by atoms with E-state index in [0.29, 0.717) is 11.1 Å². The van der Waals surface area contributed by atoms with Crippen molar-refractivity contribution in [2.45, 2.75) is 18.8 Å². The van der Waals surface area contributed by atoms with E-state index in [-0.39, 0.29) is 24.5 Å². The number of carbonyl (C=O) groups excluding carboxylic acids is 2. The number of azide groups is 1. The summed E-state index contributed by atoms with van der Waals surface area (Å²) in [5.41, 5.74) is 9.22. The Kier molecular flexibility index (Phi) is 4.06. The zero-order valence-corrected chi connectivity index (χ0v) is 13.1. The van der Waals surface area contributed by atoms with E-state index in [0.717, 1.165) is 5.56 Å². The second-order valence-corrected chi connectivity index (χ2v) is 5.50. The molecule has 1 aliphatic carbocycles. The molecule has 0 heterocycles. The molecule has 0 bridgehead atoms. The number of ether oxygens (including phenoxy) is 1. The van der Waals surface area contributed by atoms with Crippen molar-refractivity contribution in [2.75, 3.05) is 6.61 Å². The van der Waals surface area contributed by atoms with Gasteiger partial charge in [-0.15, -0.1) is 0 Å². The van der Waals surface area contributed by atoms with Gasteiger partial charge in [-0.3, -0.25) is 9.59 Å². The van der Waals surface area contributed by atoms with Gasteiger partial charge in [0.05, 0.1) is 6.61 Å². The third kappa shape index (κ3) is 2.25. The van der Waals surface area contributed by atoms with E-state index in [1.54, 1.807) is 43.3 Å². The van der Waals surface area contributed by atoms with Gasteiger partial charge in [-0.2, -0.15) is 0 Å². The number of hydrogen-bond acceptors (Lipinski definition) is 4. The van der Waals surface area contributed by atoms with E-state index >= 15 is 0 Å². The Morgan fingerprint density at radius 3 is 2.67 bits per heavy atom. The lowest BCUT2D eigenvalue weighted by Crippen LogP contribution is -2.43. The van der Waals surface area contributed by atoms with Crippen LogP contribution < -0.4 is 0 Å². The second kappa shape index (κ2) is 6.18. The van der Waals surface area contributed by atoms with Crippen LogP contribution >= 0.6 is 0 Å². The first-order chi connectivity index (χ1) is 11.6. The molecular formula is C18H15N3O3. The maximum atomic E-state index is 13.2. The average molecular weight is 321 g/mol. The fraction of sp³-hybridized carbons (Fsp3) is 0.222. The van der Waals surface area contributed by atoms with E-state index in [4.69, 9.17) is 10.3 Å². The molecule has 0 spiro atoms. The van der Waals surface area contributed by atoms with E-state index in [2.05, 4.69) is 10.0 Å². The van der Waals surface area contributed by atoms with Gasteiger partial charge in [-0.05, 0) is 23.6 Å². The SMILES string of the molecule is CCOC(=O)C1(c2ccccc2N=[N+]=[N-])Cc2ccccc2C1=O. The number of hydrogen-bond donors (Lipinski definition) is 0. The molecule has 0 fully saturated rings. The van der Waals surface area contributed by atoms with E-state index in [1.165, 1.54) is 0 Å². The minimum Gasteiger partial charge on any atom is -0.465 e. The molecule has 0 aliphatic heterocycles. The molecule has 6 heteroatoms. The molecule has 6 nitrogen and oxygen atoms in total. The van der Waals surface area contributed by atoms with Crippen molar-refractivity contribution in [3.63, 3.8) is 0 Å². The summed E-state index contributed by atoms with van der Waals surface area (Å²) in [6.45, 7) is 1.85. The van der Waals surface area contributed by atoms with Crippen molar-refractivity contribution < 1.29 is 14.3 Å². The molecule has 0 amide bonds. The summed E-state index contributed by atoms with van der Waals surface area (Å²) in [6.07, 6.45) is 0.193. The molecular weight excluding hydrogens is 306 g/mol. The Hall–Kier alpha value is -3.11. The fourth-order valence-electron chi connectivity index (χ4n) is 3.21. The average Bonchev–Trinajstić information content (AvgIpc) is 2.90. The smallest absolute Gasteiger partial charge is 0.324 e. The van der Waals surface area contributed by atoms with Crippen LogP contribution in [0.3, 0.4) is 0 Å². The van der Waals surface area contributed by atoms with Crippen LogP contribution in [0.15, 0.2) is 53.6 Å². The Bertz CT molecular complexity index is 871. The van der Waals surface area contributed by atoms with Crippen LogP contribution in [-0.2, 0) is 21.4 Å². The molecule has 1 atom stereocenters. The third-order valence-electron chi connectivity index (χ3n) is 4.25. The predicted octanol–water partition coefficient (Wildman–Crippen LogP) is 3.87. The standard InChI is InChI=1S/C18H15N3O3/c1-2-24-17(23)18(14-9-5-6-10-15(14)20-21-19)11-12-7-3-4-8-13(12)16(18)22/h3-10H,2,11H2,1H3. The van der Waals surface area contributed by atoms with Crippen LogP contribution in [0.25, 0.3) is 10.4 Å². The summed E-state index contributed by atoms with van der Waals surface area (Å²) in [6, 6.07) is 13.8. The highest BCUT2D eigenvalue weighted by molar-refractivity contribution is 6.21. The summed E-state index contributed by atoms with van der Waals surface area (Å²) >= 11 is 0. The van der Waals surface area contributed by atoms with Gasteiger partial charge in [0.25, 0.3) is 0 Å². The van der Waals surface area contributed by atoms with Crippen LogP contribution in [0.2, 0.25) is 0 Å². The minimum atomic E-state index is -1.51. The fourth-order valence-corrected chi connectivity index (χ4v) is 3.21. The number of benzene rings is 2. The maximum absolute atomic E-state index is 13.2. The molecule has 120 valence electrons. The first-order valence-corrected chi connectivity index (χ1v) is 7.59. The van der Waals surface area contributed by atoms with Crippen molar-refractivity contribution in [3.8, 4) is 0 Å². The quantitative estimate of drug-likeness (QED) is 0.281. The normalized spacial score (nSPS) is 18.6. The van der Waals surface area contributed by atoms with Crippen LogP contribution in [-0.4, -0.2) is 18.4 Å². The summed E-state index contributed by atoms with van der Waals surface area (Å²) in [5.74, 6) is -0.941. The van der Waals surface area contributed by atoms with Crippen molar-refractivity contribution in [3.05, 3.63) is 75.7 Å². The summed E-state index contributed by atoms with van der Waals surface area (Å²) < 4.78 is 5.22. The van der Waals surface area contributed by atoms with Crippen LogP contribution in [0, 0.1) is 0 Å². The minimum absolute atomic E-state index is 0.161. The van der Waals surface area contributed by atoms with Crippen molar-refractivity contribution in [1.82, 2.24) is 0 Å². The number of fused-ring (bicyclic) bond motifs is 1. The summed E-state index contributed by atoms with van der Waals surface area (Å²) in [5, 5.41) is 3.66.